The normalized spacial score (nSPS) is 10.0. The Labute approximate surface area is 133 Å². The molecule has 0 aliphatic heterocycles. The second kappa shape index (κ2) is 7.93. The number of halogens is 1. The number of amides is 1. The van der Waals surface area contributed by atoms with Crippen molar-refractivity contribution in [3.63, 3.8) is 0 Å². The fourth-order valence-corrected chi connectivity index (χ4v) is 1.86. The maximum absolute atomic E-state index is 13.3. The summed E-state index contributed by atoms with van der Waals surface area (Å²) in [5, 5.41) is 2.58. The van der Waals surface area contributed by atoms with E-state index in [0.29, 0.717) is 11.3 Å². The van der Waals surface area contributed by atoms with Crippen LogP contribution >= 0.6 is 0 Å². The Morgan fingerprint density at radius 3 is 2.61 bits per heavy atom. The van der Waals surface area contributed by atoms with Crippen molar-refractivity contribution >= 4 is 17.6 Å². The topological polar surface area (TPSA) is 64.6 Å². The summed E-state index contributed by atoms with van der Waals surface area (Å²) in [5.41, 5.74) is 0.816. The van der Waals surface area contributed by atoms with E-state index in [1.165, 1.54) is 25.1 Å². The summed E-state index contributed by atoms with van der Waals surface area (Å²) < 4.78 is 23.6. The highest BCUT2D eigenvalue weighted by molar-refractivity contribution is 5.93. The maximum Gasteiger partial charge on any atom is 0.338 e. The van der Waals surface area contributed by atoms with Crippen LogP contribution in [-0.4, -0.2) is 25.1 Å². The molecule has 2 rings (SSSR count). The first-order chi connectivity index (χ1) is 11.1. The van der Waals surface area contributed by atoms with E-state index in [4.69, 9.17) is 9.47 Å². The van der Waals surface area contributed by atoms with Crippen molar-refractivity contribution < 1.29 is 23.5 Å². The van der Waals surface area contributed by atoms with Crippen LogP contribution in [-0.2, 0) is 9.53 Å². The zero-order chi connectivity index (χ0) is 16.7. The van der Waals surface area contributed by atoms with E-state index in [0.717, 1.165) is 0 Å². The molecule has 2 aromatic carbocycles. The lowest BCUT2D eigenvalue weighted by molar-refractivity contribution is -0.114. The standard InChI is InChI=1S/C17H16FNO4/c1-12(20)19-14-6-4-5-13(11-14)17(21)23-10-9-22-16-8-3-2-7-15(16)18/h2-8,11H,9-10H2,1H3,(H,19,20). The van der Waals surface area contributed by atoms with Crippen molar-refractivity contribution in [3.8, 4) is 5.75 Å². The minimum Gasteiger partial charge on any atom is -0.487 e. The van der Waals surface area contributed by atoms with Crippen LogP contribution in [0.5, 0.6) is 5.75 Å². The highest BCUT2D eigenvalue weighted by atomic mass is 19.1. The van der Waals surface area contributed by atoms with Crippen LogP contribution in [0.1, 0.15) is 17.3 Å². The Hall–Kier alpha value is -2.89. The Balaban J connectivity index is 1.83. The van der Waals surface area contributed by atoms with Gasteiger partial charge in [-0.05, 0) is 30.3 Å². The van der Waals surface area contributed by atoms with Gasteiger partial charge in [0, 0.05) is 12.6 Å². The molecule has 0 aliphatic rings. The third-order valence-corrected chi connectivity index (χ3v) is 2.83. The van der Waals surface area contributed by atoms with Gasteiger partial charge >= 0.3 is 5.97 Å². The number of ether oxygens (including phenoxy) is 2. The summed E-state index contributed by atoms with van der Waals surface area (Å²) in [6.45, 7) is 1.40. The van der Waals surface area contributed by atoms with Crippen molar-refractivity contribution in [1.29, 1.82) is 0 Å². The molecule has 1 N–H and O–H groups in total. The first kappa shape index (κ1) is 16.5. The number of nitrogens with one attached hydrogen (secondary N) is 1. The molecule has 0 bridgehead atoms. The Morgan fingerprint density at radius 2 is 1.87 bits per heavy atom. The number of benzene rings is 2. The molecule has 0 aromatic heterocycles. The second-order valence-electron chi connectivity index (χ2n) is 4.68. The maximum atomic E-state index is 13.3. The summed E-state index contributed by atoms with van der Waals surface area (Å²) in [5.74, 6) is -1.14. The number of anilines is 1. The van der Waals surface area contributed by atoms with Crippen LogP contribution < -0.4 is 10.1 Å². The number of carbonyl (C=O) groups is 2. The highest BCUT2D eigenvalue weighted by Crippen LogP contribution is 2.15. The number of para-hydroxylation sites is 1. The SMILES string of the molecule is CC(=O)Nc1cccc(C(=O)OCCOc2ccccc2F)c1. The average Bonchev–Trinajstić information content (AvgIpc) is 2.52. The molecule has 0 heterocycles. The van der Waals surface area contributed by atoms with Gasteiger partial charge in [0.1, 0.15) is 13.2 Å². The van der Waals surface area contributed by atoms with Crippen LogP contribution in [0, 0.1) is 5.82 Å². The largest absolute Gasteiger partial charge is 0.487 e. The van der Waals surface area contributed by atoms with Gasteiger partial charge in [-0.1, -0.05) is 18.2 Å². The van der Waals surface area contributed by atoms with E-state index in [1.807, 2.05) is 0 Å². The lowest BCUT2D eigenvalue weighted by Crippen LogP contribution is -2.13. The quantitative estimate of drug-likeness (QED) is 0.657. The molecule has 0 unspecified atom stereocenters. The first-order valence-corrected chi connectivity index (χ1v) is 6.98. The lowest BCUT2D eigenvalue weighted by Gasteiger charge is -2.09. The Bertz CT molecular complexity index is 702. The molecule has 5 nitrogen and oxygen atoms in total. The van der Waals surface area contributed by atoms with Crippen LogP contribution in [0.25, 0.3) is 0 Å². The van der Waals surface area contributed by atoms with Gasteiger partial charge in [0.25, 0.3) is 0 Å². The van der Waals surface area contributed by atoms with E-state index < -0.39 is 11.8 Å². The average molecular weight is 317 g/mol. The fourth-order valence-electron chi connectivity index (χ4n) is 1.86. The summed E-state index contributed by atoms with van der Waals surface area (Å²) in [4.78, 5) is 22.9. The number of carbonyl (C=O) groups excluding carboxylic acids is 2. The van der Waals surface area contributed by atoms with E-state index in [-0.39, 0.29) is 24.9 Å². The van der Waals surface area contributed by atoms with Crippen molar-refractivity contribution in [2.75, 3.05) is 18.5 Å². The molecule has 0 spiro atoms. The van der Waals surface area contributed by atoms with Crippen LogP contribution in [0.3, 0.4) is 0 Å². The van der Waals surface area contributed by atoms with Crippen molar-refractivity contribution in [3.05, 3.63) is 59.9 Å². The zero-order valence-corrected chi connectivity index (χ0v) is 12.5. The third-order valence-electron chi connectivity index (χ3n) is 2.83. The van der Waals surface area contributed by atoms with Crippen LogP contribution in [0.15, 0.2) is 48.5 Å². The van der Waals surface area contributed by atoms with E-state index in [2.05, 4.69) is 5.32 Å². The van der Waals surface area contributed by atoms with Crippen molar-refractivity contribution in [2.24, 2.45) is 0 Å². The monoisotopic (exact) mass is 317 g/mol. The molecule has 1 amide bonds. The van der Waals surface area contributed by atoms with Gasteiger partial charge in [-0.15, -0.1) is 0 Å². The summed E-state index contributed by atoms with van der Waals surface area (Å²) in [6, 6.07) is 12.4. The number of hydrogen-bond acceptors (Lipinski definition) is 4. The predicted octanol–water partition coefficient (Wildman–Crippen LogP) is 3.02. The minimum atomic E-state index is -0.547. The Morgan fingerprint density at radius 1 is 1.09 bits per heavy atom. The van der Waals surface area contributed by atoms with Gasteiger partial charge in [-0.25, -0.2) is 9.18 Å². The summed E-state index contributed by atoms with van der Waals surface area (Å²) in [7, 11) is 0. The van der Waals surface area contributed by atoms with E-state index >= 15 is 0 Å². The smallest absolute Gasteiger partial charge is 0.338 e. The van der Waals surface area contributed by atoms with Gasteiger partial charge in [0.2, 0.25) is 5.91 Å². The highest BCUT2D eigenvalue weighted by Gasteiger charge is 2.09. The van der Waals surface area contributed by atoms with Crippen molar-refractivity contribution in [1.82, 2.24) is 0 Å². The molecule has 6 heteroatoms. The molecule has 23 heavy (non-hydrogen) atoms. The van der Waals surface area contributed by atoms with Gasteiger partial charge in [-0.3, -0.25) is 4.79 Å². The fraction of sp³-hybridized carbons (Fsp3) is 0.176. The van der Waals surface area contributed by atoms with Crippen molar-refractivity contribution in [2.45, 2.75) is 6.92 Å². The molecule has 0 aliphatic carbocycles. The van der Waals surface area contributed by atoms with Gasteiger partial charge in [0.15, 0.2) is 11.6 Å². The molecule has 120 valence electrons. The number of hydrogen-bond donors (Lipinski definition) is 1. The molecule has 0 fully saturated rings. The van der Waals surface area contributed by atoms with Crippen LogP contribution in [0.4, 0.5) is 10.1 Å². The Kier molecular flexibility index (Phi) is 5.68. The molecule has 0 saturated carbocycles. The summed E-state index contributed by atoms with van der Waals surface area (Å²) in [6.07, 6.45) is 0. The molecule has 0 atom stereocenters. The molecule has 0 radical (unpaired) electrons. The van der Waals surface area contributed by atoms with Gasteiger partial charge in [0.05, 0.1) is 5.56 Å². The zero-order valence-electron chi connectivity index (χ0n) is 12.5. The molecule has 2 aromatic rings. The van der Waals surface area contributed by atoms with Crippen LogP contribution in [0.2, 0.25) is 0 Å². The first-order valence-electron chi connectivity index (χ1n) is 6.98. The van der Waals surface area contributed by atoms with Gasteiger partial charge < -0.3 is 14.8 Å². The minimum absolute atomic E-state index is 0.0163. The third kappa shape index (κ3) is 5.10. The molecular weight excluding hydrogens is 301 g/mol. The number of rotatable bonds is 6. The molecular formula is C17H16FNO4. The molecule has 0 saturated heterocycles. The van der Waals surface area contributed by atoms with E-state index in [1.54, 1.807) is 30.3 Å². The summed E-state index contributed by atoms with van der Waals surface area (Å²) >= 11 is 0. The second-order valence-corrected chi connectivity index (χ2v) is 4.68. The lowest BCUT2D eigenvalue weighted by atomic mass is 10.2. The van der Waals surface area contributed by atoms with E-state index in [9.17, 15) is 14.0 Å². The number of esters is 1. The predicted molar refractivity (Wildman–Crippen MR) is 82.9 cm³/mol. The van der Waals surface area contributed by atoms with Gasteiger partial charge in [-0.2, -0.15) is 0 Å².